The molecule has 3 N–H and O–H groups in total. The number of benzene rings is 2. The van der Waals surface area contributed by atoms with Gasteiger partial charge in [0.05, 0.1) is 39.6 Å². The lowest BCUT2D eigenvalue weighted by molar-refractivity contribution is -0.142. The highest BCUT2D eigenvalue weighted by Crippen LogP contribution is 2.50. The van der Waals surface area contributed by atoms with Gasteiger partial charge in [-0.05, 0) is 68.4 Å². The smallest absolute Gasteiger partial charge is 0.480 e. The Morgan fingerprint density at radius 1 is 0.700 bits per heavy atom. The number of guanidine groups is 1. The van der Waals surface area contributed by atoms with Crippen LogP contribution in [0.4, 0.5) is 9.59 Å². The molecule has 0 aliphatic rings. The molecule has 0 heterocycles. The summed E-state index contributed by atoms with van der Waals surface area (Å²) in [6.45, 7) is 3.86. The van der Waals surface area contributed by atoms with Crippen LogP contribution in [0, 0.1) is 5.92 Å². The molecule has 0 saturated carbocycles. The second-order valence-electron chi connectivity index (χ2n) is 11.7. The second kappa shape index (κ2) is 24.1. The van der Waals surface area contributed by atoms with Crippen molar-refractivity contribution in [2.24, 2.45) is 16.4 Å². The van der Waals surface area contributed by atoms with Crippen LogP contribution in [0.15, 0.2) is 65.4 Å². The van der Waals surface area contributed by atoms with E-state index in [9.17, 15) is 24.1 Å². The molecule has 50 heavy (non-hydrogen) atoms. The van der Waals surface area contributed by atoms with Crippen LogP contribution in [0.2, 0.25) is 0 Å². The fraction of sp³-hybridized carbons (Fsp3) is 0.543. The number of hydrogen-bond donors (Lipinski definition) is 2. The molecule has 0 bridgehead atoms. The van der Waals surface area contributed by atoms with E-state index in [0.29, 0.717) is 38.5 Å². The third-order valence-corrected chi connectivity index (χ3v) is 8.73. The molecule has 15 heteroatoms. The summed E-state index contributed by atoms with van der Waals surface area (Å²) in [4.78, 5) is 36.7. The third kappa shape index (κ3) is 18.0. The standard InChI is InChI=1S/C35H52N3O11P/c1-28(2)31(32(39)40)38(3)33(36)37-50(43,48-26-12-10-22-44-34(41)46-24-14-20-29-16-6-4-7-17-29)49-27-13-11-23-45-35(42)47-25-15-21-30-18-8-5-9-19-30/h4-9,16-19,28,31H,10-15,20-27H2,1-3H3,(H,39,40)(H2,36,37,43). The number of unbranched alkanes of at least 4 members (excludes halogenated alkanes) is 2. The van der Waals surface area contributed by atoms with E-state index in [0.717, 1.165) is 24.0 Å². The molecule has 0 radical (unpaired) electrons. The summed E-state index contributed by atoms with van der Waals surface area (Å²) >= 11 is 0. The number of nitrogens with zero attached hydrogens (tertiary/aromatic N) is 2. The SMILES string of the molecule is CC(C)C(C(=O)O)N(C)C(N)=NP(=O)(OCCCCOC(=O)OCCCc1ccccc1)OCCCCOC(=O)OCCCc1ccccc1. The summed E-state index contributed by atoms with van der Waals surface area (Å²) in [6, 6.07) is 18.7. The molecule has 0 aliphatic carbocycles. The van der Waals surface area contributed by atoms with Crippen molar-refractivity contribution < 1.29 is 52.1 Å². The van der Waals surface area contributed by atoms with E-state index in [1.165, 1.54) is 11.9 Å². The number of rotatable bonds is 24. The van der Waals surface area contributed by atoms with E-state index >= 15 is 0 Å². The van der Waals surface area contributed by atoms with Gasteiger partial charge in [0.1, 0.15) is 6.04 Å². The molecule has 2 rings (SSSR count). The summed E-state index contributed by atoms with van der Waals surface area (Å²) in [5, 5.41) is 9.63. The fourth-order valence-electron chi connectivity index (χ4n) is 4.65. The molecule has 1 unspecified atom stereocenters. The topological polar surface area (TPSA) is 186 Å². The Bertz CT molecular complexity index is 1270. The maximum absolute atomic E-state index is 13.6. The van der Waals surface area contributed by atoms with Crippen molar-refractivity contribution in [1.82, 2.24) is 4.90 Å². The molecule has 278 valence electrons. The normalized spacial score (nSPS) is 12.3. The molecule has 0 fully saturated rings. The lowest BCUT2D eigenvalue weighted by Crippen LogP contribution is -2.48. The summed E-state index contributed by atoms with van der Waals surface area (Å²) in [5.74, 6) is -1.79. The maximum Gasteiger partial charge on any atom is 0.508 e. The van der Waals surface area contributed by atoms with Crippen molar-refractivity contribution >= 4 is 32.0 Å². The number of hydrogen-bond acceptors (Lipinski definition) is 10. The predicted molar refractivity (Wildman–Crippen MR) is 188 cm³/mol. The Morgan fingerprint density at radius 3 is 1.46 bits per heavy atom. The number of carboxylic acids is 1. The van der Waals surface area contributed by atoms with Crippen LogP contribution in [0.5, 0.6) is 0 Å². The van der Waals surface area contributed by atoms with Crippen molar-refractivity contribution in [1.29, 1.82) is 0 Å². The zero-order chi connectivity index (χ0) is 36.6. The fourth-order valence-corrected chi connectivity index (χ4v) is 5.95. The number of nitrogens with two attached hydrogens (primary N) is 1. The van der Waals surface area contributed by atoms with Gasteiger partial charge >= 0.3 is 26.0 Å². The first kappa shape index (κ1) is 42.0. The molecule has 0 amide bonds. The number of aryl methyl sites for hydroxylation is 2. The molecule has 0 spiro atoms. The van der Waals surface area contributed by atoms with Gasteiger partial charge in [0.2, 0.25) is 5.96 Å². The van der Waals surface area contributed by atoms with E-state index in [1.54, 1.807) is 13.8 Å². The van der Waals surface area contributed by atoms with Crippen LogP contribution in [-0.4, -0.2) is 87.0 Å². The van der Waals surface area contributed by atoms with Gasteiger partial charge in [-0.3, -0.25) is 9.05 Å². The second-order valence-corrected chi connectivity index (χ2v) is 13.4. The first-order valence-electron chi connectivity index (χ1n) is 16.9. The summed E-state index contributed by atoms with van der Waals surface area (Å²) in [6.07, 6.45) is 2.79. The molecule has 0 aromatic heterocycles. The number of likely N-dealkylation sites (N-methyl/N-ethyl adjacent to an activating group) is 1. The maximum atomic E-state index is 13.6. The third-order valence-electron chi connectivity index (χ3n) is 7.26. The Labute approximate surface area is 294 Å². The van der Waals surface area contributed by atoms with E-state index in [2.05, 4.69) is 4.76 Å². The Morgan fingerprint density at radius 2 is 1.08 bits per heavy atom. The van der Waals surface area contributed by atoms with Gasteiger partial charge in [-0.2, -0.15) is 0 Å². The average molecular weight is 722 g/mol. The first-order chi connectivity index (χ1) is 24.0. The van der Waals surface area contributed by atoms with Crippen LogP contribution in [0.25, 0.3) is 0 Å². The van der Waals surface area contributed by atoms with Gasteiger partial charge in [-0.15, -0.1) is 4.76 Å². The Balaban J connectivity index is 1.75. The highest BCUT2D eigenvalue weighted by atomic mass is 31.2. The van der Waals surface area contributed by atoms with Crippen LogP contribution in [-0.2, 0) is 50.2 Å². The quantitative estimate of drug-likeness (QED) is 0.0388. The van der Waals surface area contributed by atoms with E-state index in [1.807, 2.05) is 60.7 Å². The zero-order valence-electron chi connectivity index (χ0n) is 29.3. The van der Waals surface area contributed by atoms with Crippen molar-refractivity contribution in [2.45, 2.75) is 71.3 Å². The minimum absolute atomic E-state index is 0.0598. The van der Waals surface area contributed by atoms with Gasteiger partial charge in [0.25, 0.3) is 0 Å². The van der Waals surface area contributed by atoms with Gasteiger partial charge in [-0.25, -0.2) is 18.9 Å². The van der Waals surface area contributed by atoms with Gasteiger partial charge in [-0.1, -0.05) is 74.5 Å². The molecule has 2 aromatic rings. The molecule has 1 atom stereocenters. The van der Waals surface area contributed by atoms with E-state index in [-0.39, 0.29) is 51.5 Å². The summed E-state index contributed by atoms with van der Waals surface area (Å²) in [5.41, 5.74) is 8.36. The van der Waals surface area contributed by atoms with Gasteiger partial charge < -0.3 is 34.7 Å². The van der Waals surface area contributed by atoms with E-state index < -0.39 is 32.1 Å². The van der Waals surface area contributed by atoms with Gasteiger partial charge in [0.15, 0.2) is 0 Å². The van der Waals surface area contributed by atoms with Gasteiger partial charge in [0, 0.05) is 7.05 Å². The minimum Gasteiger partial charge on any atom is -0.480 e. The highest BCUT2D eigenvalue weighted by Gasteiger charge is 2.31. The Hall–Kier alpha value is -4.13. The monoisotopic (exact) mass is 721 g/mol. The lowest BCUT2D eigenvalue weighted by atomic mass is 10.0. The largest absolute Gasteiger partial charge is 0.508 e. The Kier molecular flexibility index (Phi) is 20.3. The van der Waals surface area contributed by atoms with Crippen LogP contribution in [0.1, 0.15) is 63.5 Å². The van der Waals surface area contributed by atoms with Crippen molar-refractivity contribution in [3.63, 3.8) is 0 Å². The highest BCUT2D eigenvalue weighted by molar-refractivity contribution is 7.52. The van der Waals surface area contributed by atoms with Crippen LogP contribution >= 0.6 is 7.75 Å². The van der Waals surface area contributed by atoms with Crippen LogP contribution < -0.4 is 5.73 Å². The van der Waals surface area contributed by atoms with Crippen LogP contribution in [0.3, 0.4) is 0 Å². The van der Waals surface area contributed by atoms with Crippen molar-refractivity contribution in [3.8, 4) is 0 Å². The van der Waals surface area contributed by atoms with Crippen molar-refractivity contribution in [3.05, 3.63) is 71.8 Å². The predicted octanol–water partition coefficient (Wildman–Crippen LogP) is 6.62. The number of aliphatic carboxylic acids is 1. The minimum atomic E-state index is -4.19. The molecule has 0 saturated heterocycles. The molecule has 2 aromatic carbocycles. The average Bonchev–Trinajstić information content (AvgIpc) is 3.08. The van der Waals surface area contributed by atoms with E-state index in [4.69, 9.17) is 33.7 Å². The number of carbonyl (C=O) groups excluding carboxylic acids is 2. The summed E-state index contributed by atoms with van der Waals surface area (Å²) in [7, 11) is -2.76. The molecular formula is C35H52N3O11P. The lowest BCUT2D eigenvalue weighted by Gasteiger charge is -2.29. The molecule has 14 nitrogen and oxygen atoms in total. The number of carbonyl (C=O) groups is 3. The first-order valence-corrected chi connectivity index (χ1v) is 18.4. The number of carboxylic acid groups (broad SMARTS) is 1. The summed E-state index contributed by atoms with van der Waals surface area (Å²) < 4.78 is 49.0. The van der Waals surface area contributed by atoms with Crippen molar-refractivity contribution in [2.75, 3.05) is 46.7 Å². The molecule has 0 aliphatic heterocycles. The number of ether oxygens (including phenoxy) is 4. The molecular weight excluding hydrogens is 669 g/mol. The zero-order valence-corrected chi connectivity index (χ0v) is 30.2.